The maximum absolute atomic E-state index is 13.8. The summed E-state index contributed by atoms with van der Waals surface area (Å²) in [5.41, 5.74) is -0.420. The fourth-order valence-electron chi connectivity index (χ4n) is 7.54. The van der Waals surface area contributed by atoms with Gasteiger partial charge in [-0.05, 0) is 73.0 Å². The summed E-state index contributed by atoms with van der Waals surface area (Å²) in [7, 11) is 5.37. The Morgan fingerprint density at radius 3 is 2.17 bits per heavy atom. The van der Waals surface area contributed by atoms with Gasteiger partial charge >= 0.3 is 5.97 Å². The number of nitrogens with zero attached hydrogens (tertiary/aromatic N) is 1. The van der Waals surface area contributed by atoms with Crippen LogP contribution in [-0.2, 0) is 42.7 Å². The van der Waals surface area contributed by atoms with Crippen molar-refractivity contribution in [3.05, 3.63) is 11.6 Å². The van der Waals surface area contributed by atoms with Crippen LogP contribution < -0.4 is 0 Å². The zero-order chi connectivity index (χ0) is 35.0. The van der Waals surface area contributed by atoms with Crippen molar-refractivity contribution in [3.63, 3.8) is 0 Å². The molecule has 12 nitrogen and oxygen atoms in total. The highest BCUT2D eigenvalue weighted by atomic mass is 16.7. The van der Waals surface area contributed by atoms with Gasteiger partial charge in [0, 0.05) is 31.4 Å². The smallest absolute Gasteiger partial charge is 0.311 e. The molecule has 12 heteroatoms. The highest BCUT2D eigenvalue weighted by molar-refractivity contribution is 6.03. The van der Waals surface area contributed by atoms with E-state index in [-0.39, 0.29) is 36.2 Å². The number of hydrogen-bond donors (Lipinski definition) is 2. The van der Waals surface area contributed by atoms with E-state index in [0.717, 1.165) is 0 Å². The minimum atomic E-state index is -0.984. The molecule has 4 rings (SSSR count). The number of aliphatic hydroxyl groups excluding tert-OH is 2. The number of Topliss-reactive ketones (excluding diaryl/α,β-unsaturated/α-hetero) is 1. The van der Waals surface area contributed by atoms with E-state index in [0.29, 0.717) is 25.0 Å². The number of epoxide rings is 1. The lowest BCUT2D eigenvalue weighted by Gasteiger charge is -2.46. The van der Waals surface area contributed by atoms with Crippen LogP contribution in [0.1, 0.15) is 74.7 Å². The number of likely N-dealkylation sites (N-methyl/N-ethyl adjacent to an activating group) is 1. The minimum absolute atomic E-state index is 0.0941. The fourth-order valence-corrected chi connectivity index (χ4v) is 7.54. The molecule has 0 aliphatic carbocycles. The average molecular weight is 670 g/mol. The van der Waals surface area contributed by atoms with Gasteiger partial charge in [-0.1, -0.05) is 26.8 Å². The summed E-state index contributed by atoms with van der Waals surface area (Å²) in [5, 5.41) is 22.0. The first-order valence-electron chi connectivity index (χ1n) is 17.2. The molecule has 4 aliphatic heterocycles. The van der Waals surface area contributed by atoms with Crippen LogP contribution in [0.25, 0.3) is 0 Å². The highest BCUT2D eigenvalue weighted by Gasteiger charge is 2.55. The van der Waals surface area contributed by atoms with Crippen LogP contribution in [0.3, 0.4) is 0 Å². The van der Waals surface area contributed by atoms with Crippen LogP contribution in [0, 0.1) is 23.7 Å². The van der Waals surface area contributed by atoms with E-state index in [1.54, 1.807) is 20.8 Å². The molecule has 3 saturated heterocycles. The Hall–Kier alpha value is -1.48. The van der Waals surface area contributed by atoms with Crippen molar-refractivity contribution in [1.29, 1.82) is 0 Å². The zero-order valence-electron chi connectivity index (χ0n) is 30.1. The van der Waals surface area contributed by atoms with Gasteiger partial charge in [0.2, 0.25) is 0 Å². The van der Waals surface area contributed by atoms with Gasteiger partial charge in [0.25, 0.3) is 0 Å². The number of ether oxygens (including phenoxy) is 7. The van der Waals surface area contributed by atoms with Gasteiger partial charge in [-0.2, -0.15) is 0 Å². The lowest BCUT2D eigenvalue weighted by molar-refractivity contribution is -0.298. The number of ketones is 1. The molecular formula is C35H59NO11. The molecule has 2 N–H and O–H groups in total. The zero-order valence-corrected chi connectivity index (χ0v) is 30.1. The molecule has 8 unspecified atom stereocenters. The first kappa shape index (κ1) is 38.3. The second-order valence-corrected chi connectivity index (χ2v) is 14.8. The second-order valence-electron chi connectivity index (χ2n) is 14.8. The third-order valence-corrected chi connectivity index (χ3v) is 10.8. The molecule has 0 aromatic rings. The molecule has 0 radical (unpaired) electrons. The van der Waals surface area contributed by atoms with Crippen LogP contribution in [0.2, 0.25) is 0 Å². The Bertz CT molecular complexity index is 1110. The van der Waals surface area contributed by atoms with Crippen LogP contribution in [0.5, 0.6) is 0 Å². The first-order valence-corrected chi connectivity index (χ1v) is 17.2. The summed E-state index contributed by atoms with van der Waals surface area (Å²) in [4.78, 5) is 29.5. The van der Waals surface area contributed by atoms with Gasteiger partial charge in [0.15, 0.2) is 24.0 Å². The number of hydrogen-bond acceptors (Lipinski definition) is 12. The van der Waals surface area contributed by atoms with E-state index < -0.39 is 78.7 Å². The standard InChI is InChI=1S/C35H59NO11/c1-17-12-18(2)32(39)35(16-42-35)15-19(3)30(47-34-29(38)25(36(9)10)13-20(4)43-34)21(5)31(22(6)33(40)45-23(17)7)46-27-14-26(41-11)28(37)24(8)44-27/h12,17,19-31,34,37-38H,13-16H2,1-11H3/b18-12-/t17-,19+,20?,21-,22-,23-,24?,25?,26?,27?,28?,29?,30+,31+,34?,35-/m1/s1. The summed E-state index contributed by atoms with van der Waals surface area (Å²) < 4.78 is 43.1. The second kappa shape index (κ2) is 15.6. The number of esters is 1. The first-order chi connectivity index (χ1) is 22.0. The summed E-state index contributed by atoms with van der Waals surface area (Å²) in [6.45, 7) is 15.2. The Morgan fingerprint density at radius 1 is 0.915 bits per heavy atom. The van der Waals surface area contributed by atoms with E-state index >= 15 is 0 Å². The van der Waals surface area contributed by atoms with Gasteiger partial charge in [-0.25, -0.2) is 0 Å². The van der Waals surface area contributed by atoms with E-state index in [9.17, 15) is 19.8 Å². The molecule has 16 atom stereocenters. The number of carbonyl (C=O) groups excluding carboxylic acids is 2. The Balaban J connectivity index is 1.74. The fraction of sp³-hybridized carbons (Fsp3) is 0.886. The molecule has 4 aliphatic rings. The number of rotatable bonds is 6. The topological polar surface area (TPSA) is 146 Å². The normalized spacial score (nSPS) is 48.5. The Morgan fingerprint density at radius 2 is 1.57 bits per heavy atom. The van der Waals surface area contributed by atoms with Gasteiger partial charge in [0.1, 0.15) is 18.3 Å². The van der Waals surface area contributed by atoms with Crippen molar-refractivity contribution in [1.82, 2.24) is 4.90 Å². The van der Waals surface area contributed by atoms with Gasteiger partial charge in [0.05, 0.1) is 43.0 Å². The SMILES string of the molecule is COC1CC(O[C@H]2[C@H](C)[C@@H](OC3OC(C)CC(N(C)C)C3O)[C@@H](C)C[C@@]3(CO3)C(=O)/C(C)=C\[C@@H](C)[C@@H](C)OC(=O)[C@@H]2C)OC(C)C1O. The van der Waals surface area contributed by atoms with Crippen molar-refractivity contribution in [2.45, 2.75) is 148 Å². The maximum atomic E-state index is 13.8. The number of cyclic esters (lactones) is 1. The van der Waals surface area contributed by atoms with Crippen molar-refractivity contribution in [3.8, 4) is 0 Å². The monoisotopic (exact) mass is 669 g/mol. The molecule has 47 heavy (non-hydrogen) atoms. The van der Waals surface area contributed by atoms with Gasteiger partial charge in [-0.15, -0.1) is 0 Å². The number of methoxy groups -OCH3 is 1. The predicted octanol–water partition coefficient (Wildman–Crippen LogP) is 2.86. The third kappa shape index (κ3) is 8.64. The van der Waals surface area contributed by atoms with Crippen molar-refractivity contribution in [2.24, 2.45) is 23.7 Å². The quantitative estimate of drug-likeness (QED) is 0.317. The van der Waals surface area contributed by atoms with Gasteiger partial charge < -0.3 is 48.3 Å². The van der Waals surface area contributed by atoms with E-state index in [4.69, 9.17) is 33.2 Å². The summed E-state index contributed by atoms with van der Waals surface area (Å²) in [6, 6.07) is -0.195. The molecule has 3 fully saturated rings. The molecule has 0 saturated carbocycles. The Kier molecular flexibility index (Phi) is 12.7. The molecule has 0 aromatic heterocycles. The minimum Gasteiger partial charge on any atom is -0.462 e. The number of aliphatic hydroxyl groups is 2. The maximum Gasteiger partial charge on any atom is 0.311 e. The van der Waals surface area contributed by atoms with E-state index in [1.165, 1.54) is 7.11 Å². The highest BCUT2D eigenvalue weighted by Crippen LogP contribution is 2.42. The lowest BCUT2D eigenvalue weighted by Crippen LogP contribution is -2.57. The van der Waals surface area contributed by atoms with Crippen molar-refractivity contribution >= 4 is 11.8 Å². The number of carbonyl (C=O) groups is 2. The molecule has 1 spiro atoms. The summed E-state index contributed by atoms with van der Waals surface area (Å²) >= 11 is 0. The van der Waals surface area contributed by atoms with E-state index in [2.05, 4.69) is 0 Å². The Labute approximate surface area is 280 Å². The average Bonchev–Trinajstić information content (AvgIpc) is 3.79. The van der Waals surface area contributed by atoms with E-state index in [1.807, 2.05) is 59.7 Å². The molecular weight excluding hydrogens is 610 g/mol. The van der Waals surface area contributed by atoms with Crippen molar-refractivity contribution < 1.29 is 53.0 Å². The van der Waals surface area contributed by atoms with Gasteiger partial charge in [-0.3, -0.25) is 9.59 Å². The lowest BCUT2D eigenvalue weighted by atomic mass is 9.78. The molecule has 0 aromatic carbocycles. The molecule has 270 valence electrons. The third-order valence-electron chi connectivity index (χ3n) is 10.8. The molecule has 0 amide bonds. The largest absolute Gasteiger partial charge is 0.462 e. The van der Waals surface area contributed by atoms with Crippen LogP contribution in [0.15, 0.2) is 11.6 Å². The summed E-state index contributed by atoms with van der Waals surface area (Å²) in [5.74, 6) is -2.29. The predicted molar refractivity (Wildman–Crippen MR) is 172 cm³/mol. The molecule has 0 bridgehead atoms. The van der Waals surface area contributed by atoms with Crippen LogP contribution in [-0.4, -0.2) is 128 Å². The summed E-state index contributed by atoms with van der Waals surface area (Å²) in [6.07, 6.45) is -3.62. The van der Waals surface area contributed by atoms with Crippen LogP contribution in [0.4, 0.5) is 0 Å². The van der Waals surface area contributed by atoms with Crippen LogP contribution >= 0.6 is 0 Å². The van der Waals surface area contributed by atoms with Crippen molar-refractivity contribution in [2.75, 3.05) is 27.8 Å². The molecule has 4 heterocycles.